The Labute approximate surface area is 200 Å². The van der Waals surface area contributed by atoms with Crippen LogP contribution in [0.5, 0.6) is 0 Å². The van der Waals surface area contributed by atoms with E-state index >= 15 is 0 Å². The van der Waals surface area contributed by atoms with Crippen molar-refractivity contribution in [3.63, 3.8) is 0 Å². The number of carbonyl (C=O) groups excluding carboxylic acids is 2. The number of aliphatic carboxylic acids is 1. The Morgan fingerprint density at radius 1 is 1.00 bits per heavy atom. The molecule has 0 radical (unpaired) electrons. The molecule has 4 rings (SSSR count). The number of likely N-dealkylation sites (N-methyl/N-ethyl adjacent to an activating group) is 1. The smallest absolute Gasteiger partial charge is 0.407 e. The van der Waals surface area contributed by atoms with E-state index in [4.69, 9.17) is 9.84 Å². The minimum absolute atomic E-state index is 0.00768. The van der Waals surface area contributed by atoms with Crippen LogP contribution in [0.3, 0.4) is 0 Å². The molecule has 0 spiro atoms. The van der Waals surface area contributed by atoms with Gasteiger partial charge in [-0.1, -0.05) is 67.8 Å². The topological polar surface area (TPSA) is 95.9 Å². The largest absolute Gasteiger partial charge is 0.480 e. The van der Waals surface area contributed by atoms with Gasteiger partial charge in [0.2, 0.25) is 5.91 Å². The molecule has 7 heteroatoms. The van der Waals surface area contributed by atoms with E-state index < -0.39 is 17.6 Å². The average Bonchev–Trinajstić information content (AvgIpc) is 3.15. The minimum atomic E-state index is -1.04. The molecule has 34 heavy (non-hydrogen) atoms. The Kier molecular flexibility index (Phi) is 7.20. The molecule has 0 atom stereocenters. The van der Waals surface area contributed by atoms with E-state index in [9.17, 15) is 14.4 Å². The summed E-state index contributed by atoms with van der Waals surface area (Å²) in [5.41, 5.74) is 4.19. The highest BCUT2D eigenvalue weighted by Gasteiger charge is 2.36. The van der Waals surface area contributed by atoms with Gasteiger partial charge in [0, 0.05) is 24.9 Å². The van der Waals surface area contributed by atoms with Gasteiger partial charge in [-0.25, -0.2) is 4.79 Å². The summed E-state index contributed by atoms with van der Waals surface area (Å²) in [5, 5.41) is 12.0. The Morgan fingerprint density at radius 2 is 1.59 bits per heavy atom. The van der Waals surface area contributed by atoms with Crippen molar-refractivity contribution < 1.29 is 24.2 Å². The standard InChI is InChI=1S/C27H32N2O5/c1-29(17-25(31)32)24(30)13-16-27(14-7-2-8-15-27)28-26(33)34-18-23-21-11-5-3-9-19(21)20-10-4-6-12-22(20)23/h3-6,9-12,23H,2,7-8,13-18H2,1H3,(H,28,33)(H,31,32). The summed E-state index contributed by atoms with van der Waals surface area (Å²) < 4.78 is 5.75. The van der Waals surface area contributed by atoms with E-state index in [1.165, 1.54) is 23.1 Å². The highest BCUT2D eigenvalue weighted by Crippen LogP contribution is 2.44. The maximum absolute atomic E-state index is 12.9. The van der Waals surface area contributed by atoms with Crippen LogP contribution in [0.25, 0.3) is 11.1 Å². The van der Waals surface area contributed by atoms with Crippen molar-refractivity contribution in [2.45, 2.75) is 56.4 Å². The van der Waals surface area contributed by atoms with Gasteiger partial charge in [-0.2, -0.15) is 0 Å². The van der Waals surface area contributed by atoms with Gasteiger partial charge in [0.25, 0.3) is 0 Å². The third-order valence-corrected chi connectivity index (χ3v) is 7.14. The number of hydrogen-bond acceptors (Lipinski definition) is 4. The maximum atomic E-state index is 12.9. The second-order valence-electron chi connectivity index (χ2n) is 9.44. The molecule has 2 N–H and O–H groups in total. The SMILES string of the molecule is CN(CC(=O)O)C(=O)CCC1(NC(=O)OCC2c3ccccc3-c3ccccc32)CCCCC1. The summed E-state index contributed by atoms with van der Waals surface area (Å²) in [6.45, 7) is -0.0815. The number of nitrogens with one attached hydrogen (secondary N) is 1. The number of hydrogen-bond donors (Lipinski definition) is 2. The Balaban J connectivity index is 1.39. The Bertz CT molecular complexity index is 1010. The van der Waals surface area contributed by atoms with Crippen LogP contribution >= 0.6 is 0 Å². The van der Waals surface area contributed by atoms with Gasteiger partial charge in [-0.05, 0) is 41.5 Å². The highest BCUT2D eigenvalue weighted by atomic mass is 16.5. The molecule has 0 heterocycles. The summed E-state index contributed by atoms with van der Waals surface area (Å²) >= 11 is 0. The predicted molar refractivity (Wildman–Crippen MR) is 129 cm³/mol. The average molecular weight is 465 g/mol. The van der Waals surface area contributed by atoms with Crippen molar-refractivity contribution in [2.75, 3.05) is 20.2 Å². The van der Waals surface area contributed by atoms with Gasteiger partial charge in [0.1, 0.15) is 13.2 Å². The lowest BCUT2D eigenvalue weighted by Crippen LogP contribution is -2.50. The summed E-state index contributed by atoms with van der Waals surface area (Å²) in [6.07, 6.45) is 4.82. The van der Waals surface area contributed by atoms with Crippen LogP contribution in [0.2, 0.25) is 0 Å². The molecule has 2 aliphatic carbocycles. The third kappa shape index (κ3) is 5.24. The minimum Gasteiger partial charge on any atom is -0.480 e. The van der Waals surface area contributed by atoms with Crippen LogP contribution in [-0.2, 0) is 14.3 Å². The number of ether oxygens (including phenoxy) is 1. The number of nitrogens with zero attached hydrogens (tertiary/aromatic N) is 1. The molecular weight excluding hydrogens is 432 g/mol. The number of fused-ring (bicyclic) bond motifs is 3. The van der Waals surface area contributed by atoms with E-state index in [0.29, 0.717) is 6.42 Å². The first-order valence-electron chi connectivity index (χ1n) is 12.0. The molecule has 2 aromatic carbocycles. The highest BCUT2D eigenvalue weighted by molar-refractivity contribution is 5.81. The third-order valence-electron chi connectivity index (χ3n) is 7.14. The second-order valence-corrected chi connectivity index (χ2v) is 9.44. The number of carboxylic acids is 1. The van der Waals surface area contributed by atoms with E-state index in [0.717, 1.165) is 43.2 Å². The lowest BCUT2D eigenvalue weighted by Gasteiger charge is -2.38. The predicted octanol–water partition coefficient (Wildman–Crippen LogP) is 4.55. The fraction of sp³-hybridized carbons (Fsp3) is 0.444. The lowest BCUT2D eigenvalue weighted by molar-refractivity contribution is -0.143. The first-order valence-corrected chi connectivity index (χ1v) is 12.0. The molecule has 1 fully saturated rings. The summed E-state index contributed by atoms with van der Waals surface area (Å²) in [5.74, 6) is -1.28. The summed E-state index contributed by atoms with van der Waals surface area (Å²) in [6, 6.07) is 16.4. The van der Waals surface area contributed by atoms with E-state index in [1.54, 1.807) is 0 Å². The zero-order valence-corrected chi connectivity index (χ0v) is 19.6. The van der Waals surface area contributed by atoms with Crippen LogP contribution in [0.4, 0.5) is 4.79 Å². The van der Waals surface area contributed by atoms with Gasteiger partial charge >= 0.3 is 12.1 Å². The number of benzene rings is 2. The second kappa shape index (κ2) is 10.3. The molecule has 7 nitrogen and oxygen atoms in total. The van der Waals surface area contributed by atoms with Gasteiger partial charge in [0.05, 0.1) is 0 Å². The number of alkyl carbamates (subject to hydrolysis) is 1. The van der Waals surface area contributed by atoms with Crippen molar-refractivity contribution in [1.82, 2.24) is 10.2 Å². The van der Waals surface area contributed by atoms with Gasteiger partial charge in [-0.15, -0.1) is 0 Å². The fourth-order valence-electron chi connectivity index (χ4n) is 5.35. The quantitative estimate of drug-likeness (QED) is 0.597. The lowest BCUT2D eigenvalue weighted by atomic mass is 9.78. The molecular formula is C27H32N2O5. The van der Waals surface area contributed by atoms with Crippen LogP contribution in [0.1, 0.15) is 62.0 Å². The molecule has 180 valence electrons. The Morgan fingerprint density at radius 3 is 2.18 bits per heavy atom. The van der Waals surface area contributed by atoms with E-state index in [1.807, 2.05) is 24.3 Å². The summed E-state index contributed by atoms with van der Waals surface area (Å²) in [4.78, 5) is 37.4. The van der Waals surface area contributed by atoms with E-state index in [-0.39, 0.29) is 31.4 Å². The first kappa shape index (κ1) is 23.8. The molecule has 1 saturated carbocycles. The molecule has 0 saturated heterocycles. The van der Waals surface area contributed by atoms with Crippen LogP contribution < -0.4 is 5.32 Å². The van der Waals surface area contributed by atoms with Crippen LogP contribution in [0, 0.1) is 0 Å². The van der Waals surface area contributed by atoms with Crippen molar-refractivity contribution in [1.29, 1.82) is 0 Å². The zero-order valence-electron chi connectivity index (χ0n) is 19.6. The van der Waals surface area contributed by atoms with E-state index in [2.05, 4.69) is 29.6 Å². The van der Waals surface area contributed by atoms with Crippen molar-refractivity contribution in [3.8, 4) is 11.1 Å². The maximum Gasteiger partial charge on any atom is 0.407 e. The van der Waals surface area contributed by atoms with Gasteiger partial charge < -0.3 is 20.1 Å². The summed E-state index contributed by atoms with van der Waals surface area (Å²) in [7, 11) is 1.49. The number of carbonyl (C=O) groups is 3. The Hall–Kier alpha value is -3.35. The first-order chi connectivity index (χ1) is 16.4. The molecule has 0 aliphatic heterocycles. The normalized spacial score (nSPS) is 16.3. The zero-order chi connectivity index (χ0) is 24.1. The molecule has 0 unspecified atom stereocenters. The monoisotopic (exact) mass is 464 g/mol. The van der Waals surface area contributed by atoms with Gasteiger partial charge in [0.15, 0.2) is 0 Å². The number of rotatable bonds is 8. The molecule has 2 aromatic rings. The molecule has 2 amide bonds. The van der Waals surface area contributed by atoms with Crippen molar-refractivity contribution in [3.05, 3.63) is 59.7 Å². The molecule has 0 bridgehead atoms. The van der Waals surface area contributed by atoms with Crippen molar-refractivity contribution >= 4 is 18.0 Å². The number of carboxylic acid groups (broad SMARTS) is 1. The molecule has 0 aromatic heterocycles. The fourth-order valence-corrected chi connectivity index (χ4v) is 5.35. The van der Waals surface area contributed by atoms with Gasteiger partial charge in [-0.3, -0.25) is 9.59 Å². The number of amides is 2. The van der Waals surface area contributed by atoms with Crippen LogP contribution in [-0.4, -0.2) is 53.7 Å². The van der Waals surface area contributed by atoms with Crippen LogP contribution in [0.15, 0.2) is 48.5 Å². The van der Waals surface area contributed by atoms with Crippen molar-refractivity contribution in [2.24, 2.45) is 0 Å². The molecule has 2 aliphatic rings.